The van der Waals surface area contributed by atoms with Gasteiger partial charge in [-0.3, -0.25) is 0 Å². The quantitative estimate of drug-likeness (QED) is 0.853. The molecule has 0 heterocycles. The maximum Gasteiger partial charge on any atom is 0.125 e. The molecule has 2 rings (SSSR count). The summed E-state index contributed by atoms with van der Waals surface area (Å²) < 4.78 is 12.0. The third-order valence-electron chi connectivity index (χ3n) is 3.27. The molecule has 0 saturated carbocycles. The maximum absolute atomic E-state index is 5.97. The molecular weight excluding hydrogens is 330 g/mol. The Morgan fingerprint density at radius 1 is 1.14 bits per heavy atom. The predicted octanol–water partition coefficient (Wildman–Crippen LogP) is 4.10. The standard InChI is InChI=1S/C17H20BrNO2/c1-12(19)16-8-5-14(18)11-17(16)21-10-9-13-3-6-15(20-2)7-4-13/h3-8,11-12H,9-10,19H2,1-2H3. The van der Waals surface area contributed by atoms with Gasteiger partial charge < -0.3 is 15.2 Å². The van der Waals surface area contributed by atoms with E-state index in [0.717, 1.165) is 28.0 Å². The van der Waals surface area contributed by atoms with Gasteiger partial charge >= 0.3 is 0 Å². The minimum atomic E-state index is -0.0471. The molecule has 0 saturated heterocycles. The summed E-state index contributed by atoms with van der Waals surface area (Å²) in [5.74, 6) is 1.71. The molecular formula is C17H20BrNO2. The first-order valence-electron chi connectivity index (χ1n) is 6.91. The topological polar surface area (TPSA) is 44.5 Å². The number of hydrogen-bond acceptors (Lipinski definition) is 3. The Hall–Kier alpha value is -1.52. The third kappa shape index (κ3) is 4.48. The molecule has 0 aliphatic heterocycles. The molecule has 2 aromatic rings. The van der Waals surface area contributed by atoms with Gasteiger partial charge in [-0.05, 0) is 36.8 Å². The number of hydrogen-bond donors (Lipinski definition) is 1. The first-order valence-corrected chi connectivity index (χ1v) is 7.70. The van der Waals surface area contributed by atoms with E-state index >= 15 is 0 Å². The van der Waals surface area contributed by atoms with E-state index in [2.05, 4.69) is 28.1 Å². The molecule has 1 atom stereocenters. The fourth-order valence-electron chi connectivity index (χ4n) is 2.08. The average molecular weight is 350 g/mol. The number of ether oxygens (including phenoxy) is 2. The van der Waals surface area contributed by atoms with Crippen molar-refractivity contribution in [2.45, 2.75) is 19.4 Å². The highest BCUT2D eigenvalue weighted by Crippen LogP contribution is 2.27. The Kier molecular flexibility index (Phi) is 5.65. The van der Waals surface area contributed by atoms with Crippen LogP contribution in [0.15, 0.2) is 46.9 Å². The smallest absolute Gasteiger partial charge is 0.125 e. The van der Waals surface area contributed by atoms with Crippen molar-refractivity contribution in [3.63, 3.8) is 0 Å². The van der Waals surface area contributed by atoms with E-state index in [1.807, 2.05) is 37.3 Å². The van der Waals surface area contributed by atoms with Crippen LogP contribution in [0.2, 0.25) is 0 Å². The molecule has 1 unspecified atom stereocenters. The number of rotatable bonds is 6. The summed E-state index contributed by atoms with van der Waals surface area (Å²) in [6.45, 7) is 2.57. The summed E-state index contributed by atoms with van der Waals surface area (Å²) in [5, 5.41) is 0. The monoisotopic (exact) mass is 349 g/mol. The molecule has 0 fully saturated rings. The van der Waals surface area contributed by atoms with Gasteiger partial charge in [-0.15, -0.1) is 0 Å². The second-order valence-electron chi connectivity index (χ2n) is 4.92. The summed E-state index contributed by atoms with van der Waals surface area (Å²) in [6, 6.07) is 13.9. The van der Waals surface area contributed by atoms with Crippen LogP contribution in [0.1, 0.15) is 24.1 Å². The first kappa shape index (κ1) is 15.9. The van der Waals surface area contributed by atoms with Gasteiger partial charge in [-0.2, -0.15) is 0 Å². The number of halogens is 1. The van der Waals surface area contributed by atoms with Crippen LogP contribution in [0.25, 0.3) is 0 Å². The van der Waals surface area contributed by atoms with Crippen molar-refractivity contribution >= 4 is 15.9 Å². The highest BCUT2D eigenvalue weighted by Gasteiger charge is 2.08. The van der Waals surface area contributed by atoms with E-state index in [1.165, 1.54) is 5.56 Å². The molecule has 0 aliphatic rings. The average Bonchev–Trinajstić information content (AvgIpc) is 2.48. The predicted molar refractivity (Wildman–Crippen MR) is 88.9 cm³/mol. The molecule has 0 spiro atoms. The van der Waals surface area contributed by atoms with Crippen LogP contribution in [-0.4, -0.2) is 13.7 Å². The molecule has 0 radical (unpaired) electrons. The van der Waals surface area contributed by atoms with Crippen LogP contribution in [0, 0.1) is 0 Å². The third-order valence-corrected chi connectivity index (χ3v) is 3.77. The van der Waals surface area contributed by atoms with Gasteiger partial charge in [0.25, 0.3) is 0 Å². The van der Waals surface area contributed by atoms with Crippen LogP contribution < -0.4 is 15.2 Å². The second-order valence-corrected chi connectivity index (χ2v) is 5.83. The molecule has 2 aromatic carbocycles. The summed E-state index contributed by atoms with van der Waals surface area (Å²) >= 11 is 3.46. The zero-order valence-corrected chi connectivity index (χ0v) is 13.9. The van der Waals surface area contributed by atoms with Crippen molar-refractivity contribution in [1.82, 2.24) is 0 Å². The van der Waals surface area contributed by atoms with E-state index in [-0.39, 0.29) is 6.04 Å². The number of benzene rings is 2. The second kappa shape index (κ2) is 7.48. The normalized spacial score (nSPS) is 12.0. The van der Waals surface area contributed by atoms with Gasteiger partial charge in [0.05, 0.1) is 13.7 Å². The molecule has 4 heteroatoms. The zero-order chi connectivity index (χ0) is 15.2. The lowest BCUT2D eigenvalue weighted by Gasteiger charge is -2.14. The summed E-state index contributed by atoms with van der Waals surface area (Å²) in [4.78, 5) is 0. The van der Waals surface area contributed by atoms with E-state index in [0.29, 0.717) is 6.61 Å². The van der Waals surface area contributed by atoms with Gasteiger partial charge in [0.2, 0.25) is 0 Å². The maximum atomic E-state index is 5.97. The highest BCUT2D eigenvalue weighted by molar-refractivity contribution is 9.10. The lowest BCUT2D eigenvalue weighted by Crippen LogP contribution is -2.09. The summed E-state index contributed by atoms with van der Waals surface area (Å²) in [5.41, 5.74) is 8.21. The van der Waals surface area contributed by atoms with E-state index in [4.69, 9.17) is 15.2 Å². The molecule has 3 nitrogen and oxygen atoms in total. The Morgan fingerprint density at radius 3 is 2.48 bits per heavy atom. The lowest BCUT2D eigenvalue weighted by atomic mass is 10.1. The van der Waals surface area contributed by atoms with Gasteiger partial charge in [0.1, 0.15) is 11.5 Å². The fraction of sp³-hybridized carbons (Fsp3) is 0.294. The lowest BCUT2D eigenvalue weighted by molar-refractivity contribution is 0.317. The minimum Gasteiger partial charge on any atom is -0.497 e. The van der Waals surface area contributed by atoms with Crippen molar-refractivity contribution in [1.29, 1.82) is 0 Å². The van der Waals surface area contributed by atoms with Crippen LogP contribution in [0.3, 0.4) is 0 Å². The van der Waals surface area contributed by atoms with Crippen molar-refractivity contribution in [3.05, 3.63) is 58.1 Å². The van der Waals surface area contributed by atoms with Crippen molar-refractivity contribution in [3.8, 4) is 11.5 Å². The minimum absolute atomic E-state index is 0.0471. The molecule has 2 N–H and O–H groups in total. The van der Waals surface area contributed by atoms with Crippen molar-refractivity contribution < 1.29 is 9.47 Å². The van der Waals surface area contributed by atoms with Gasteiger partial charge in [0, 0.05) is 22.5 Å². The van der Waals surface area contributed by atoms with E-state index in [1.54, 1.807) is 7.11 Å². The largest absolute Gasteiger partial charge is 0.497 e. The van der Waals surface area contributed by atoms with Crippen LogP contribution in [-0.2, 0) is 6.42 Å². The first-order chi connectivity index (χ1) is 10.1. The Morgan fingerprint density at radius 2 is 1.86 bits per heavy atom. The number of methoxy groups -OCH3 is 1. The van der Waals surface area contributed by atoms with Crippen LogP contribution in [0.4, 0.5) is 0 Å². The van der Waals surface area contributed by atoms with Gasteiger partial charge in [-0.1, -0.05) is 34.1 Å². The summed E-state index contributed by atoms with van der Waals surface area (Å²) in [6.07, 6.45) is 0.842. The van der Waals surface area contributed by atoms with Crippen LogP contribution in [0.5, 0.6) is 11.5 Å². The van der Waals surface area contributed by atoms with Crippen molar-refractivity contribution in [2.75, 3.05) is 13.7 Å². The molecule has 21 heavy (non-hydrogen) atoms. The molecule has 112 valence electrons. The van der Waals surface area contributed by atoms with Crippen molar-refractivity contribution in [2.24, 2.45) is 5.73 Å². The molecule has 0 amide bonds. The van der Waals surface area contributed by atoms with E-state index < -0.39 is 0 Å². The fourth-order valence-corrected chi connectivity index (χ4v) is 2.42. The number of nitrogens with two attached hydrogens (primary N) is 1. The molecule has 0 bridgehead atoms. The summed E-state index contributed by atoms with van der Waals surface area (Å²) in [7, 11) is 1.67. The van der Waals surface area contributed by atoms with E-state index in [9.17, 15) is 0 Å². The molecule has 0 aliphatic carbocycles. The van der Waals surface area contributed by atoms with Gasteiger partial charge in [0.15, 0.2) is 0 Å². The van der Waals surface area contributed by atoms with Gasteiger partial charge in [-0.25, -0.2) is 0 Å². The Labute approximate surface area is 134 Å². The SMILES string of the molecule is COc1ccc(CCOc2cc(Br)ccc2C(C)N)cc1. The zero-order valence-electron chi connectivity index (χ0n) is 12.3. The van der Waals surface area contributed by atoms with Crippen LogP contribution >= 0.6 is 15.9 Å². The highest BCUT2D eigenvalue weighted by atomic mass is 79.9. The Bertz CT molecular complexity index is 582. The Balaban J connectivity index is 1.97. The molecule has 0 aromatic heterocycles.